The van der Waals surface area contributed by atoms with Crippen molar-refractivity contribution in [2.45, 2.75) is 17.4 Å². The maximum atomic E-state index is 4.15. The van der Waals surface area contributed by atoms with E-state index in [9.17, 15) is 0 Å². The van der Waals surface area contributed by atoms with Crippen LogP contribution in [-0.2, 0) is 13.5 Å². The van der Waals surface area contributed by atoms with Crippen LogP contribution < -0.4 is 5.32 Å². The second kappa shape index (κ2) is 6.02. The molecule has 5 heteroatoms. The van der Waals surface area contributed by atoms with Crippen molar-refractivity contribution in [1.82, 2.24) is 20.3 Å². The third-order valence-corrected chi connectivity index (χ3v) is 3.74. The number of rotatable bonds is 5. The number of nitrogens with one attached hydrogen (secondary N) is 1. The smallest absolute Gasteiger partial charge is 0.0845 e. The summed E-state index contributed by atoms with van der Waals surface area (Å²) >= 11 is 1.77. The first kappa shape index (κ1) is 13.1. The second-order valence-electron chi connectivity index (χ2n) is 4.17. The fraction of sp³-hybridized carbons (Fsp3) is 0.385. The zero-order valence-electron chi connectivity index (χ0n) is 10.9. The minimum absolute atomic E-state index is 0.269. The Labute approximate surface area is 112 Å². The Hall–Kier alpha value is -1.33. The van der Waals surface area contributed by atoms with Gasteiger partial charge in [0.1, 0.15) is 0 Å². The molecule has 1 heterocycles. The van der Waals surface area contributed by atoms with Crippen molar-refractivity contribution in [1.29, 1.82) is 0 Å². The molecule has 2 aromatic rings. The molecule has 0 aliphatic carbocycles. The molecule has 0 amide bonds. The number of likely N-dealkylation sites (N-methyl/N-ethyl adjacent to an activating group) is 1. The van der Waals surface area contributed by atoms with E-state index in [1.807, 2.05) is 20.3 Å². The van der Waals surface area contributed by atoms with Gasteiger partial charge in [-0.25, -0.2) is 0 Å². The summed E-state index contributed by atoms with van der Waals surface area (Å²) in [5, 5.41) is 11.5. The molecular formula is C13H18N4S. The SMILES string of the molecule is CNC(Cc1cn(C)nn1)c1ccccc1SC. The van der Waals surface area contributed by atoms with Gasteiger partial charge in [0.25, 0.3) is 0 Å². The van der Waals surface area contributed by atoms with Gasteiger partial charge in [0, 0.05) is 30.6 Å². The third-order valence-electron chi connectivity index (χ3n) is 2.93. The topological polar surface area (TPSA) is 42.7 Å². The lowest BCUT2D eigenvalue weighted by Crippen LogP contribution is -2.19. The van der Waals surface area contributed by atoms with Crippen molar-refractivity contribution in [3.63, 3.8) is 0 Å². The summed E-state index contributed by atoms with van der Waals surface area (Å²) in [5.74, 6) is 0. The van der Waals surface area contributed by atoms with Crippen molar-refractivity contribution < 1.29 is 0 Å². The summed E-state index contributed by atoms with van der Waals surface area (Å²) in [6.07, 6.45) is 4.92. The first-order chi connectivity index (χ1) is 8.74. The Morgan fingerprint density at radius 1 is 1.39 bits per heavy atom. The highest BCUT2D eigenvalue weighted by Gasteiger charge is 2.15. The van der Waals surface area contributed by atoms with Gasteiger partial charge in [-0.05, 0) is 24.9 Å². The van der Waals surface area contributed by atoms with Gasteiger partial charge in [-0.1, -0.05) is 23.4 Å². The molecule has 1 aromatic carbocycles. The molecule has 0 radical (unpaired) electrons. The first-order valence-corrected chi connectivity index (χ1v) is 7.12. The lowest BCUT2D eigenvalue weighted by molar-refractivity contribution is 0.575. The summed E-state index contributed by atoms with van der Waals surface area (Å²) in [6, 6.07) is 8.75. The van der Waals surface area contributed by atoms with Crippen LogP contribution in [0.4, 0.5) is 0 Å². The molecule has 1 atom stereocenters. The Morgan fingerprint density at radius 2 is 2.17 bits per heavy atom. The predicted molar refractivity (Wildman–Crippen MR) is 74.7 cm³/mol. The number of hydrogen-bond donors (Lipinski definition) is 1. The predicted octanol–water partition coefficient (Wildman–Crippen LogP) is 2.04. The zero-order valence-corrected chi connectivity index (χ0v) is 11.7. The molecule has 0 spiro atoms. The van der Waals surface area contributed by atoms with Crippen molar-refractivity contribution in [3.05, 3.63) is 41.7 Å². The molecule has 2 rings (SSSR count). The Balaban J connectivity index is 2.22. The molecule has 0 bridgehead atoms. The van der Waals surface area contributed by atoms with Crippen LogP contribution in [0, 0.1) is 0 Å². The van der Waals surface area contributed by atoms with E-state index in [0.717, 1.165) is 12.1 Å². The molecule has 18 heavy (non-hydrogen) atoms. The molecule has 0 aliphatic heterocycles. The van der Waals surface area contributed by atoms with E-state index < -0.39 is 0 Å². The number of aryl methyl sites for hydroxylation is 1. The zero-order chi connectivity index (χ0) is 13.0. The Kier molecular flexibility index (Phi) is 4.38. The molecule has 1 unspecified atom stereocenters. The maximum absolute atomic E-state index is 4.15. The summed E-state index contributed by atoms with van der Waals surface area (Å²) < 4.78 is 1.74. The Morgan fingerprint density at radius 3 is 2.78 bits per heavy atom. The van der Waals surface area contributed by atoms with Gasteiger partial charge < -0.3 is 5.32 Å². The highest BCUT2D eigenvalue weighted by molar-refractivity contribution is 7.98. The number of thioether (sulfide) groups is 1. The van der Waals surface area contributed by atoms with Gasteiger partial charge in [-0.2, -0.15) is 0 Å². The van der Waals surface area contributed by atoms with E-state index in [0.29, 0.717) is 0 Å². The third kappa shape index (κ3) is 2.91. The van der Waals surface area contributed by atoms with Gasteiger partial charge in [-0.15, -0.1) is 16.9 Å². The van der Waals surface area contributed by atoms with E-state index in [1.165, 1.54) is 10.5 Å². The van der Waals surface area contributed by atoms with E-state index in [2.05, 4.69) is 46.2 Å². The number of aromatic nitrogens is 3. The van der Waals surface area contributed by atoms with Crippen LogP contribution in [0.3, 0.4) is 0 Å². The monoisotopic (exact) mass is 262 g/mol. The van der Waals surface area contributed by atoms with Crippen molar-refractivity contribution in [3.8, 4) is 0 Å². The summed E-state index contributed by atoms with van der Waals surface area (Å²) in [6.45, 7) is 0. The van der Waals surface area contributed by atoms with Crippen LogP contribution in [0.2, 0.25) is 0 Å². The average molecular weight is 262 g/mol. The van der Waals surface area contributed by atoms with Crippen LogP contribution in [0.25, 0.3) is 0 Å². The molecule has 0 fully saturated rings. The van der Waals surface area contributed by atoms with E-state index in [1.54, 1.807) is 16.4 Å². The minimum atomic E-state index is 0.269. The summed E-state index contributed by atoms with van der Waals surface area (Å²) in [4.78, 5) is 1.31. The van der Waals surface area contributed by atoms with Crippen LogP contribution in [0.5, 0.6) is 0 Å². The first-order valence-electron chi connectivity index (χ1n) is 5.90. The molecule has 0 saturated carbocycles. The summed E-state index contributed by atoms with van der Waals surface area (Å²) in [7, 11) is 3.87. The standard InChI is InChI=1S/C13H18N4S/c1-14-12(8-10-9-17(2)16-15-10)11-6-4-5-7-13(11)18-3/h4-7,9,12,14H,8H2,1-3H3. The molecule has 0 aliphatic rings. The van der Waals surface area contributed by atoms with Crippen LogP contribution >= 0.6 is 11.8 Å². The molecule has 4 nitrogen and oxygen atoms in total. The number of hydrogen-bond acceptors (Lipinski definition) is 4. The minimum Gasteiger partial charge on any atom is -0.313 e. The van der Waals surface area contributed by atoms with Gasteiger partial charge >= 0.3 is 0 Å². The van der Waals surface area contributed by atoms with Crippen LogP contribution in [0.15, 0.2) is 35.4 Å². The van der Waals surface area contributed by atoms with Crippen LogP contribution in [-0.4, -0.2) is 28.3 Å². The number of benzene rings is 1. The van der Waals surface area contributed by atoms with E-state index in [4.69, 9.17) is 0 Å². The fourth-order valence-corrected chi connectivity index (χ4v) is 2.68. The highest BCUT2D eigenvalue weighted by atomic mass is 32.2. The fourth-order valence-electron chi connectivity index (χ4n) is 2.02. The average Bonchev–Trinajstić information content (AvgIpc) is 2.81. The second-order valence-corrected chi connectivity index (χ2v) is 5.02. The Bertz CT molecular complexity index is 509. The quantitative estimate of drug-likeness (QED) is 0.837. The van der Waals surface area contributed by atoms with Gasteiger partial charge in [0.15, 0.2) is 0 Å². The lowest BCUT2D eigenvalue weighted by Gasteiger charge is -2.18. The van der Waals surface area contributed by atoms with Gasteiger partial charge in [-0.3, -0.25) is 4.68 Å². The lowest BCUT2D eigenvalue weighted by atomic mass is 10.0. The normalized spacial score (nSPS) is 12.6. The molecule has 1 N–H and O–H groups in total. The van der Waals surface area contributed by atoms with Crippen molar-refractivity contribution in [2.24, 2.45) is 7.05 Å². The maximum Gasteiger partial charge on any atom is 0.0845 e. The molecular weight excluding hydrogens is 244 g/mol. The van der Waals surface area contributed by atoms with Crippen molar-refractivity contribution >= 4 is 11.8 Å². The highest BCUT2D eigenvalue weighted by Crippen LogP contribution is 2.27. The van der Waals surface area contributed by atoms with Gasteiger partial charge in [0.05, 0.1) is 5.69 Å². The van der Waals surface area contributed by atoms with E-state index in [-0.39, 0.29) is 6.04 Å². The van der Waals surface area contributed by atoms with Crippen LogP contribution in [0.1, 0.15) is 17.3 Å². The molecule has 1 aromatic heterocycles. The van der Waals surface area contributed by atoms with E-state index >= 15 is 0 Å². The summed E-state index contributed by atoms with van der Waals surface area (Å²) in [5.41, 5.74) is 2.32. The number of nitrogens with zero attached hydrogens (tertiary/aromatic N) is 3. The largest absolute Gasteiger partial charge is 0.313 e. The van der Waals surface area contributed by atoms with Gasteiger partial charge in [0.2, 0.25) is 0 Å². The van der Waals surface area contributed by atoms with Crippen molar-refractivity contribution in [2.75, 3.05) is 13.3 Å². The molecule has 0 saturated heterocycles. The molecule has 96 valence electrons.